The minimum absolute atomic E-state index is 0.814. The molecule has 3 nitrogen and oxygen atoms in total. The Bertz CT molecular complexity index is 357. The molecule has 2 saturated heterocycles. The van der Waals surface area contributed by atoms with Crippen LogP contribution >= 0.6 is 0 Å². The van der Waals surface area contributed by atoms with Crippen molar-refractivity contribution in [1.29, 1.82) is 0 Å². The minimum Gasteiger partial charge on any atom is -0.378 e. The first-order chi connectivity index (χ1) is 9.67. The Labute approximate surface area is 124 Å². The van der Waals surface area contributed by atoms with E-state index < -0.39 is 0 Å². The first-order valence-corrected chi connectivity index (χ1v) is 8.51. The Morgan fingerprint density at radius 2 is 1.80 bits per heavy atom. The molecule has 0 radical (unpaired) electrons. The molecule has 0 amide bonds. The Morgan fingerprint density at radius 1 is 1.05 bits per heavy atom. The third-order valence-electron chi connectivity index (χ3n) is 5.81. The molecule has 3 rings (SSSR count). The molecule has 3 aliphatic rings. The van der Waals surface area contributed by atoms with Crippen LogP contribution in [0.4, 0.5) is 0 Å². The summed E-state index contributed by atoms with van der Waals surface area (Å²) in [5, 5.41) is 0. The van der Waals surface area contributed by atoms with Crippen molar-refractivity contribution in [3.05, 3.63) is 11.8 Å². The number of fused-ring (bicyclic) bond motifs is 1. The molecule has 3 heteroatoms. The zero-order valence-electron chi connectivity index (χ0n) is 13.5. The highest BCUT2D eigenvalue weighted by Gasteiger charge is 2.34. The van der Waals surface area contributed by atoms with Crippen LogP contribution in [-0.2, 0) is 0 Å². The van der Waals surface area contributed by atoms with Gasteiger partial charge in [0.2, 0.25) is 0 Å². The fraction of sp³-hybridized carbons (Fsp3) is 0.882. The van der Waals surface area contributed by atoms with E-state index in [1.54, 1.807) is 5.70 Å². The number of nitrogens with zero attached hydrogens (tertiary/aromatic N) is 3. The topological polar surface area (TPSA) is 9.72 Å². The molecule has 0 aromatic carbocycles. The lowest BCUT2D eigenvalue weighted by Crippen LogP contribution is -2.47. The van der Waals surface area contributed by atoms with Gasteiger partial charge < -0.3 is 14.7 Å². The quantitative estimate of drug-likeness (QED) is 0.765. The molecule has 0 spiro atoms. The highest BCUT2D eigenvalue weighted by molar-refractivity contribution is 5.14. The summed E-state index contributed by atoms with van der Waals surface area (Å²) in [5.74, 6) is 2.53. The molecule has 0 aromatic heterocycles. The summed E-state index contributed by atoms with van der Waals surface area (Å²) < 4.78 is 0. The van der Waals surface area contributed by atoms with Gasteiger partial charge in [0.25, 0.3) is 0 Å². The summed E-state index contributed by atoms with van der Waals surface area (Å²) in [7, 11) is 4.58. The zero-order valence-corrected chi connectivity index (χ0v) is 13.5. The number of hydrogen-bond acceptors (Lipinski definition) is 3. The van der Waals surface area contributed by atoms with Crippen molar-refractivity contribution in [2.45, 2.75) is 26.2 Å². The SMILES string of the molecule is CCN1CCC2CN(C)C(C3CCN(C)CC3)=CC2C1. The summed E-state index contributed by atoms with van der Waals surface area (Å²) in [6.45, 7) is 9.96. The lowest BCUT2D eigenvalue weighted by atomic mass is 9.79. The number of likely N-dealkylation sites (tertiary alicyclic amines) is 2. The van der Waals surface area contributed by atoms with Crippen molar-refractivity contribution in [2.24, 2.45) is 17.8 Å². The van der Waals surface area contributed by atoms with Gasteiger partial charge in [-0.15, -0.1) is 0 Å². The van der Waals surface area contributed by atoms with Crippen molar-refractivity contribution < 1.29 is 0 Å². The van der Waals surface area contributed by atoms with Crippen molar-refractivity contribution in [3.8, 4) is 0 Å². The highest BCUT2D eigenvalue weighted by atomic mass is 15.2. The fourth-order valence-electron chi connectivity index (χ4n) is 4.36. The van der Waals surface area contributed by atoms with Crippen molar-refractivity contribution in [3.63, 3.8) is 0 Å². The van der Waals surface area contributed by atoms with Gasteiger partial charge in [0.15, 0.2) is 0 Å². The van der Waals surface area contributed by atoms with Crippen LogP contribution in [0, 0.1) is 17.8 Å². The maximum Gasteiger partial charge on any atom is 0.0206 e. The molecular formula is C17H31N3. The van der Waals surface area contributed by atoms with E-state index in [2.05, 4.69) is 41.8 Å². The van der Waals surface area contributed by atoms with E-state index in [1.165, 1.54) is 58.5 Å². The van der Waals surface area contributed by atoms with E-state index in [-0.39, 0.29) is 0 Å². The van der Waals surface area contributed by atoms with Gasteiger partial charge in [-0.25, -0.2) is 0 Å². The van der Waals surface area contributed by atoms with E-state index in [1.807, 2.05) is 0 Å². The zero-order chi connectivity index (χ0) is 14.1. The Balaban J connectivity index is 1.71. The molecule has 3 aliphatic heterocycles. The minimum atomic E-state index is 0.814. The largest absolute Gasteiger partial charge is 0.378 e. The van der Waals surface area contributed by atoms with Crippen molar-refractivity contribution in [2.75, 3.05) is 53.4 Å². The van der Waals surface area contributed by atoms with Gasteiger partial charge in [-0.05, 0) is 64.3 Å². The average Bonchev–Trinajstić information content (AvgIpc) is 2.47. The lowest BCUT2D eigenvalue weighted by Gasteiger charge is -2.46. The molecule has 0 N–H and O–H groups in total. The number of hydrogen-bond donors (Lipinski definition) is 0. The molecule has 0 aliphatic carbocycles. The molecule has 2 unspecified atom stereocenters. The summed E-state index contributed by atoms with van der Waals surface area (Å²) in [6, 6.07) is 0. The number of piperidine rings is 2. The normalized spacial score (nSPS) is 34.0. The van der Waals surface area contributed by atoms with Crippen LogP contribution in [-0.4, -0.2) is 68.1 Å². The summed E-state index contributed by atoms with van der Waals surface area (Å²) in [4.78, 5) is 7.69. The molecule has 3 heterocycles. The molecule has 2 fully saturated rings. The monoisotopic (exact) mass is 277 g/mol. The summed E-state index contributed by atoms with van der Waals surface area (Å²) in [6.07, 6.45) is 6.75. The van der Waals surface area contributed by atoms with Crippen LogP contribution in [0.2, 0.25) is 0 Å². The van der Waals surface area contributed by atoms with Crippen LogP contribution in [0.1, 0.15) is 26.2 Å². The first-order valence-electron chi connectivity index (χ1n) is 8.51. The lowest BCUT2D eigenvalue weighted by molar-refractivity contribution is 0.105. The molecule has 0 bridgehead atoms. The fourth-order valence-corrected chi connectivity index (χ4v) is 4.36. The standard InChI is InChI=1S/C17H31N3/c1-4-20-10-7-15-12-19(3)17(11-16(15)13-20)14-5-8-18(2)9-6-14/h11,14-16H,4-10,12-13H2,1-3H3. The second kappa shape index (κ2) is 6.07. The van der Waals surface area contributed by atoms with E-state index in [0.717, 1.165) is 17.8 Å². The van der Waals surface area contributed by atoms with Gasteiger partial charge in [-0.3, -0.25) is 0 Å². The van der Waals surface area contributed by atoms with Gasteiger partial charge in [-0.1, -0.05) is 13.0 Å². The predicted octanol–water partition coefficient (Wildman–Crippen LogP) is 2.12. The van der Waals surface area contributed by atoms with Crippen LogP contribution < -0.4 is 0 Å². The van der Waals surface area contributed by atoms with E-state index in [9.17, 15) is 0 Å². The van der Waals surface area contributed by atoms with Crippen molar-refractivity contribution >= 4 is 0 Å². The molecule has 20 heavy (non-hydrogen) atoms. The number of rotatable bonds is 2. The summed E-state index contributed by atoms with van der Waals surface area (Å²) >= 11 is 0. The molecular weight excluding hydrogens is 246 g/mol. The van der Waals surface area contributed by atoms with Crippen LogP contribution in [0.5, 0.6) is 0 Å². The smallest absolute Gasteiger partial charge is 0.0206 e. The van der Waals surface area contributed by atoms with Crippen LogP contribution in [0.25, 0.3) is 0 Å². The van der Waals surface area contributed by atoms with Gasteiger partial charge in [0.05, 0.1) is 0 Å². The Morgan fingerprint density at radius 3 is 2.50 bits per heavy atom. The Hall–Kier alpha value is -0.540. The van der Waals surface area contributed by atoms with Gasteiger partial charge in [0.1, 0.15) is 0 Å². The Kier molecular flexibility index (Phi) is 4.37. The number of allylic oxidation sites excluding steroid dienone is 1. The molecule has 114 valence electrons. The second-order valence-electron chi connectivity index (χ2n) is 7.16. The maximum absolute atomic E-state index is 2.66. The van der Waals surface area contributed by atoms with E-state index >= 15 is 0 Å². The van der Waals surface area contributed by atoms with Gasteiger partial charge >= 0.3 is 0 Å². The van der Waals surface area contributed by atoms with Crippen LogP contribution in [0.3, 0.4) is 0 Å². The van der Waals surface area contributed by atoms with E-state index in [0.29, 0.717) is 0 Å². The third-order valence-corrected chi connectivity index (χ3v) is 5.81. The average molecular weight is 277 g/mol. The predicted molar refractivity (Wildman–Crippen MR) is 84.6 cm³/mol. The van der Waals surface area contributed by atoms with Crippen LogP contribution in [0.15, 0.2) is 11.8 Å². The second-order valence-corrected chi connectivity index (χ2v) is 7.16. The molecule has 2 atom stereocenters. The first kappa shape index (κ1) is 14.4. The summed E-state index contributed by atoms with van der Waals surface area (Å²) in [5.41, 5.74) is 1.66. The maximum atomic E-state index is 2.66. The molecule has 0 aromatic rings. The van der Waals surface area contributed by atoms with E-state index in [4.69, 9.17) is 0 Å². The van der Waals surface area contributed by atoms with Gasteiger partial charge in [0, 0.05) is 31.8 Å². The van der Waals surface area contributed by atoms with Gasteiger partial charge in [-0.2, -0.15) is 0 Å². The molecule has 0 saturated carbocycles. The highest BCUT2D eigenvalue weighted by Crippen LogP contribution is 2.36. The van der Waals surface area contributed by atoms with Crippen molar-refractivity contribution in [1.82, 2.24) is 14.7 Å². The third kappa shape index (κ3) is 2.89.